The zero-order valence-electron chi connectivity index (χ0n) is 18.8. The Morgan fingerprint density at radius 2 is 1.70 bits per heavy atom. The molecule has 0 radical (unpaired) electrons. The number of primary amides is 1. The van der Waals surface area contributed by atoms with Gasteiger partial charge >= 0.3 is 6.18 Å². The van der Waals surface area contributed by atoms with Crippen molar-refractivity contribution in [2.75, 3.05) is 5.73 Å². The summed E-state index contributed by atoms with van der Waals surface area (Å²) in [5, 5.41) is 8.45. The first-order chi connectivity index (χ1) is 17.5. The fourth-order valence-electron chi connectivity index (χ4n) is 3.50. The minimum atomic E-state index is -4.90. The lowest BCUT2D eigenvalue weighted by Gasteiger charge is -2.16. The summed E-state index contributed by atoms with van der Waals surface area (Å²) in [7, 11) is 0. The van der Waals surface area contributed by atoms with Crippen LogP contribution in [-0.2, 0) is 6.18 Å². The number of aromatic nitrogens is 2. The number of nitrogen functional groups attached to an aromatic ring is 1. The summed E-state index contributed by atoms with van der Waals surface area (Å²) < 4.78 is 55.6. The van der Waals surface area contributed by atoms with Crippen LogP contribution >= 0.6 is 0 Å². The molecule has 0 saturated heterocycles. The molecule has 37 heavy (non-hydrogen) atoms. The highest BCUT2D eigenvalue weighted by Crippen LogP contribution is 2.38. The van der Waals surface area contributed by atoms with E-state index in [1.807, 2.05) is 0 Å². The predicted molar refractivity (Wildman–Crippen MR) is 128 cm³/mol. The van der Waals surface area contributed by atoms with E-state index in [0.29, 0.717) is 5.69 Å². The van der Waals surface area contributed by atoms with Gasteiger partial charge in [-0.25, -0.2) is 9.38 Å². The summed E-state index contributed by atoms with van der Waals surface area (Å²) in [5.74, 6) is -3.35. The van der Waals surface area contributed by atoms with E-state index in [4.69, 9.17) is 11.5 Å². The number of para-hydroxylation sites is 1. The third-order valence-corrected chi connectivity index (χ3v) is 5.27. The van der Waals surface area contributed by atoms with Crippen molar-refractivity contribution in [1.82, 2.24) is 15.5 Å². The van der Waals surface area contributed by atoms with Gasteiger partial charge in [0.15, 0.2) is 0 Å². The van der Waals surface area contributed by atoms with Gasteiger partial charge in [0.2, 0.25) is 5.91 Å². The number of hydrogen-bond acceptors (Lipinski definition) is 5. The molecule has 0 aliphatic carbocycles. The van der Waals surface area contributed by atoms with Crippen LogP contribution in [0.4, 0.5) is 28.9 Å². The molecule has 4 rings (SSSR count). The molecular formula is C25H18F4N6O2. The maximum absolute atomic E-state index is 14.9. The van der Waals surface area contributed by atoms with E-state index in [-0.39, 0.29) is 34.4 Å². The molecule has 0 fully saturated rings. The molecular weight excluding hydrogens is 492 g/mol. The molecule has 4 aromatic rings. The molecule has 0 aliphatic rings. The van der Waals surface area contributed by atoms with Gasteiger partial charge in [0.05, 0.1) is 22.5 Å². The monoisotopic (exact) mass is 510 g/mol. The molecule has 0 atom stereocenters. The van der Waals surface area contributed by atoms with Gasteiger partial charge in [0.25, 0.3) is 5.91 Å². The Bertz CT molecular complexity index is 1500. The van der Waals surface area contributed by atoms with E-state index in [2.05, 4.69) is 20.5 Å². The second-order valence-electron chi connectivity index (χ2n) is 7.76. The molecule has 0 spiro atoms. The fourth-order valence-corrected chi connectivity index (χ4v) is 3.50. The lowest BCUT2D eigenvalue weighted by molar-refractivity contribution is -0.137. The highest BCUT2D eigenvalue weighted by atomic mass is 19.4. The molecule has 3 aromatic carbocycles. The molecule has 8 nitrogen and oxygen atoms in total. The van der Waals surface area contributed by atoms with E-state index in [9.17, 15) is 27.2 Å². The summed E-state index contributed by atoms with van der Waals surface area (Å²) in [4.78, 5) is 29.0. The zero-order chi connectivity index (χ0) is 26.7. The third-order valence-electron chi connectivity index (χ3n) is 5.27. The number of amidine groups is 1. The molecule has 2 amide bonds. The molecule has 6 N–H and O–H groups in total. The second-order valence-corrected chi connectivity index (χ2v) is 7.76. The summed E-state index contributed by atoms with van der Waals surface area (Å²) in [6.07, 6.45) is -3.67. The number of rotatable bonds is 5. The average Bonchev–Trinajstić information content (AvgIpc) is 3.38. The smallest absolute Gasteiger partial charge is 0.398 e. The molecule has 188 valence electrons. The average molecular weight is 510 g/mol. The van der Waals surface area contributed by atoms with Gasteiger partial charge in [-0.1, -0.05) is 18.2 Å². The highest BCUT2D eigenvalue weighted by molar-refractivity contribution is 6.16. The van der Waals surface area contributed by atoms with Crippen molar-refractivity contribution < 1.29 is 27.2 Å². The second kappa shape index (κ2) is 9.93. The number of nitrogens with one attached hydrogen (secondary N) is 2. The van der Waals surface area contributed by atoms with E-state index < -0.39 is 40.5 Å². The number of alkyl halides is 3. The Labute approximate surface area is 207 Å². The van der Waals surface area contributed by atoms with Crippen LogP contribution < -0.4 is 16.8 Å². The van der Waals surface area contributed by atoms with Crippen LogP contribution in [0.2, 0.25) is 0 Å². The summed E-state index contributed by atoms with van der Waals surface area (Å²) in [5.41, 5.74) is 9.54. The van der Waals surface area contributed by atoms with E-state index in [1.165, 1.54) is 30.5 Å². The first-order valence-corrected chi connectivity index (χ1v) is 10.6. The number of halogens is 4. The number of nitrogens with two attached hydrogens (primary N) is 2. The Kier molecular flexibility index (Phi) is 6.74. The zero-order valence-corrected chi connectivity index (χ0v) is 18.8. The SMILES string of the molecule is NC(=O)c1ccc(C(=Nc2ccccc2)NC(=O)c2cc(-c3ccn[nH]3)c(C(F)(F)F)cc2F)c(N)c1. The quantitative estimate of drug-likeness (QED) is 0.137. The van der Waals surface area contributed by atoms with E-state index in [0.717, 1.165) is 6.07 Å². The standard InChI is InChI=1S/C25H18F4N6O2/c26-19-12-18(25(27,28)29)16(21-8-9-32-35-21)11-17(19)24(37)34-23(33-14-4-2-1-3-5-14)15-7-6-13(22(31)36)10-20(15)30/h1-12H,30H2,(H2,31,36)(H,32,35)(H,33,34,37). The lowest BCUT2D eigenvalue weighted by Crippen LogP contribution is -2.32. The normalized spacial score (nSPS) is 11.8. The number of aromatic amines is 1. The maximum atomic E-state index is 14.9. The number of hydrogen-bond donors (Lipinski definition) is 4. The van der Waals surface area contributed by atoms with Crippen LogP contribution in [0.3, 0.4) is 0 Å². The van der Waals surface area contributed by atoms with Gasteiger partial charge in [-0.15, -0.1) is 0 Å². The van der Waals surface area contributed by atoms with Crippen molar-refractivity contribution in [2.45, 2.75) is 6.18 Å². The van der Waals surface area contributed by atoms with Crippen LogP contribution in [-0.4, -0.2) is 27.8 Å². The molecule has 0 unspecified atom stereocenters. The molecule has 12 heteroatoms. The van der Waals surface area contributed by atoms with E-state index >= 15 is 0 Å². The predicted octanol–water partition coefficient (Wildman–Crippen LogP) is 4.42. The Balaban J connectivity index is 1.80. The Hall–Kier alpha value is -5.00. The molecule has 1 aromatic heterocycles. The first-order valence-electron chi connectivity index (χ1n) is 10.6. The number of carbonyl (C=O) groups excluding carboxylic acids is 2. The van der Waals surface area contributed by atoms with Crippen LogP contribution in [0.5, 0.6) is 0 Å². The lowest BCUT2D eigenvalue weighted by atomic mass is 9.99. The number of amides is 2. The molecule has 0 aliphatic heterocycles. The van der Waals surface area contributed by atoms with Crippen LogP contribution in [0, 0.1) is 5.82 Å². The number of H-pyrrole nitrogens is 1. The maximum Gasteiger partial charge on any atom is 0.417 e. The number of benzene rings is 3. The molecule has 0 bridgehead atoms. The summed E-state index contributed by atoms with van der Waals surface area (Å²) >= 11 is 0. The summed E-state index contributed by atoms with van der Waals surface area (Å²) in [6.45, 7) is 0. The van der Waals surface area contributed by atoms with Crippen molar-refractivity contribution >= 4 is 29.0 Å². The van der Waals surface area contributed by atoms with Gasteiger partial charge in [0.1, 0.15) is 11.7 Å². The van der Waals surface area contributed by atoms with Crippen LogP contribution in [0.1, 0.15) is 31.8 Å². The van der Waals surface area contributed by atoms with Gasteiger partial charge in [-0.2, -0.15) is 18.3 Å². The van der Waals surface area contributed by atoms with Crippen molar-refractivity contribution in [3.63, 3.8) is 0 Å². The summed E-state index contributed by atoms with van der Waals surface area (Å²) in [6, 6.07) is 14.6. The van der Waals surface area contributed by atoms with Crippen molar-refractivity contribution in [3.05, 3.63) is 101 Å². The van der Waals surface area contributed by atoms with Crippen molar-refractivity contribution in [1.29, 1.82) is 0 Å². The first kappa shape index (κ1) is 25.1. The largest absolute Gasteiger partial charge is 0.417 e. The van der Waals surface area contributed by atoms with Gasteiger partial charge < -0.3 is 16.8 Å². The number of aliphatic imine (C=N–C) groups is 1. The third kappa shape index (κ3) is 5.48. The van der Waals surface area contributed by atoms with Gasteiger partial charge in [-0.3, -0.25) is 14.7 Å². The molecule has 0 saturated carbocycles. The highest BCUT2D eigenvalue weighted by Gasteiger charge is 2.36. The van der Waals surface area contributed by atoms with Gasteiger partial charge in [-0.05, 0) is 48.5 Å². The van der Waals surface area contributed by atoms with Crippen molar-refractivity contribution in [2.24, 2.45) is 10.7 Å². The van der Waals surface area contributed by atoms with Crippen LogP contribution in [0.25, 0.3) is 11.3 Å². The topological polar surface area (TPSA) is 139 Å². The number of nitrogens with zero attached hydrogens (tertiary/aromatic N) is 2. The fraction of sp³-hybridized carbons (Fsp3) is 0.0400. The van der Waals surface area contributed by atoms with E-state index in [1.54, 1.807) is 30.3 Å². The minimum absolute atomic E-state index is 0.0253. The van der Waals surface area contributed by atoms with Crippen LogP contribution in [0.15, 0.2) is 77.9 Å². The minimum Gasteiger partial charge on any atom is -0.398 e. The molecule has 1 heterocycles. The Morgan fingerprint density at radius 1 is 0.973 bits per heavy atom. The Morgan fingerprint density at radius 3 is 2.30 bits per heavy atom. The number of anilines is 1. The van der Waals surface area contributed by atoms with Gasteiger partial charge in [0, 0.05) is 28.6 Å². The number of carbonyl (C=O) groups is 2. The van der Waals surface area contributed by atoms with Crippen molar-refractivity contribution in [3.8, 4) is 11.3 Å².